The molecule has 0 atom stereocenters. The van der Waals surface area contributed by atoms with Crippen LogP contribution in [0.1, 0.15) is 37.7 Å². The van der Waals surface area contributed by atoms with E-state index in [2.05, 4.69) is 5.10 Å². The quantitative estimate of drug-likeness (QED) is 0.835. The van der Waals surface area contributed by atoms with Gasteiger partial charge in [0.15, 0.2) is 10.9 Å². The summed E-state index contributed by atoms with van der Waals surface area (Å²) in [5.74, 6) is 0.370. The number of hydrogen-bond donors (Lipinski definition) is 0. The molecule has 2 aromatic rings. The molecule has 0 N–H and O–H groups in total. The van der Waals surface area contributed by atoms with Crippen LogP contribution in [0.15, 0.2) is 30.5 Å². The van der Waals surface area contributed by atoms with Crippen LogP contribution in [0.25, 0.3) is 0 Å². The maximum atomic E-state index is 13.2. The topological polar surface area (TPSA) is 27.1 Å². The van der Waals surface area contributed by atoms with Gasteiger partial charge in [-0.05, 0) is 43.4 Å². The molecule has 1 heterocycles. The number of aromatic nitrogens is 2. The van der Waals surface area contributed by atoms with Crippen LogP contribution in [0.4, 0.5) is 4.39 Å². The summed E-state index contributed by atoms with van der Waals surface area (Å²) in [5.41, 5.74) is 0.823. The van der Waals surface area contributed by atoms with Gasteiger partial charge in [-0.25, -0.2) is 9.07 Å². The van der Waals surface area contributed by atoms with Crippen LogP contribution < -0.4 is 4.74 Å². The minimum Gasteiger partial charge on any atom is -0.486 e. The second-order valence-electron chi connectivity index (χ2n) is 5.47. The van der Waals surface area contributed by atoms with E-state index in [4.69, 9.17) is 16.3 Å². The maximum absolute atomic E-state index is 13.2. The highest BCUT2D eigenvalue weighted by molar-refractivity contribution is 6.31. The van der Waals surface area contributed by atoms with Crippen molar-refractivity contribution in [2.24, 2.45) is 0 Å². The first-order valence-corrected chi connectivity index (χ1v) is 7.72. The van der Waals surface area contributed by atoms with E-state index < -0.39 is 0 Å². The first kappa shape index (κ1) is 14.4. The molecule has 21 heavy (non-hydrogen) atoms. The van der Waals surface area contributed by atoms with Gasteiger partial charge in [0.1, 0.15) is 5.82 Å². The third-order valence-corrected chi connectivity index (χ3v) is 4.19. The summed E-state index contributed by atoms with van der Waals surface area (Å²) >= 11 is 6.31. The predicted octanol–water partition coefficient (Wildman–Crippen LogP) is 4.44. The number of ether oxygens (including phenoxy) is 1. The molecule has 0 aliphatic heterocycles. The average molecular weight is 309 g/mol. The smallest absolute Gasteiger partial charge is 0.176 e. The molecule has 0 bridgehead atoms. The highest BCUT2D eigenvalue weighted by Gasteiger charge is 2.18. The van der Waals surface area contributed by atoms with E-state index in [0.717, 1.165) is 18.4 Å². The second-order valence-corrected chi connectivity index (χ2v) is 5.82. The lowest BCUT2D eigenvalue weighted by molar-refractivity contribution is 0.155. The number of benzene rings is 1. The molecule has 112 valence electrons. The largest absolute Gasteiger partial charge is 0.486 e. The highest BCUT2D eigenvalue weighted by Crippen LogP contribution is 2.29. The van der Waals surface area contributed by atoms with Gasteiger partial charge >= 0.3 is 0 Å². The molecule has 3 rings (SSSR count). The zero-order valence-electron chi connectivity index (χ0n) is 11.8. The molecule has 1 aliphatic rings. The van der Waals surface area contributed by atoms with Crippen LogP contribution in [0.3, 0.4) is 0 Å². The van der Waals surface area contributed by atoms with Gasteiger partial charge in [-0.1, -0.05) is 30.2 Å². The minimum absolute atomic E-state index is 0.239. The van der Waals surface area contributed by atoms with Crippen LogP contribution in [-0.4, -0.2) is 15.9 Å². The Balaban J connectivity index is 1.70. The maximum Gasteiger partial charge on any atom is 0.176 e. The Morgan fingerprint density at radius 1 is 1.29 bits per heavy atom. The van der Waals surface area contributed by atoms with Crippen LogP contribution >= 0.6 is 11.6 Å². The Hall–Kier alpha value is -1.55. The fourth-order valence-electron chi connectivity index (χ4n) is 2.71. The molecule has 0 radical (unpaired) electrons. The molecule has 1 aromatic carbocycles. The molecule has 1 aliphatic carbocycles. The lowest BCUT2D eigenvalue weighted by Gasteiger charge is -2.22. The van der Waals surface area contributed by atoms with Crippen molar-refractivity contribution in [1.82, 2.24) is 9.78 Å². The van der Waals surface area contributed by atoms with E-state index in [1.54, 1.807) is 16.9 Å². The molecule has 1 saturated carbocycles. The van der Waals surface area contributed by atoms with Crippen molar-refractivity contribution >= 4 is 11.6 Å². The first-order chi connectivity index (χ1) is 10.2. The number of rotatable bonds is 4. The van der Waals surface area contributed by atoms with Gasteiger partial charge in [-0.3, -0.25) is 0 Å². The van der Waals surface area contributed by atoms with Gasteiger partial charge in [0.2, 0.25) is 0 Å². The van der Waals surface area contributed by atoms with Crippen molar-refractivity contribution < 1.29 is 9.13 Å². The van der Waals surface area contributed by atoms with E-state index in [1.165, 1.54) is 31.4 Å². The molecule has 3 nitrogen and oxygen atoms in total. The minimum atomic E-state index is -0.255. The van der Waals surface area contributed by atoms with Gasteiger partial charge in [-0.2, -0.15) is 5.10 Å². The van der Waals surface area contributed by atoms with E-state index in [9.17, 15) is 4.39 Å². The van der Waals surface area contributed by atoms with Crippen molar-refractivity contribution in [2.45, 2.75) is 44.8 Å². The van der Waals surface area contributed by atoms with E-state index in [0.29, 0.717) is 17.4 Å². The van der Waals surface area contributed by atoms with Crippen molar-refractivity contribution in [3.8, 4) is 5.75 Å². The molecule has 1 fully saturated rings. The molecular formula is C16H18ClFN2O. The van der Waals surface area contributed by atoms with Crippen molar-refractivity contribution in [1.29, 1.82) is 0 Å². The zero-order chi connectivity index (χ0) is 14.7. The molecular weight excluding hydrogens is 291 g/mol. The third-order valence-electron chi connectivity index (χ3n) is 3.81. The fourth-order valence-corrected chi connectivity index (χ4v) is 2.91. The van der Waals surface area contributed by atoms with Gasteiger partial charge in [0.25, 0.3) is 0 Å². The highest BCUT2D eigenvalue weighted by atomic mass is 35.5. The Morgan fingerprint density at radius 2 is 2.10 bits per heavy atom. The number of hydrogen-bond acceptors (Lipinski definition) is 2. The monoisotopic (exact) mass is 308 g/mol. The van der Waals surface area contributed by atoms with E-state index in [-0.39, 0.29) is 11.9 Å². The van der Waals surface area contributed by atoms with Crippen LogP contribution in [0, 0.1) is 5.82 Å². The average Bonchev–Trinajstić information content (AvgIpc) is 2.82. The van der Waals surface area contributed by atoms with Gasteiger partial charge < -0.3 is 4.74 Å². The Kier molecular flexibility index (Phi) is 4.44. The third kappa shape index (κ3) is 3.56. The number of halogens is 2. The van der Waals surface area contributed by atoms with E-state index >= 15 is 0 Å². The molecule has 0 unspecified atom stereocenters. The Labute approximate surface area is 128 Å². The zero-order valence-corrected chi connectivity index (χ0v) is 12.5. The summed E-state index contributed by atoms with van der Waals surface area (Å²) < 4.78 is 20.8. The van der Waals surface area contributed by atoms with Crippen LogP contribution in [0.2, 0.25) is 5.15 Å². The number of nitrogens with zero attached hydrogens (tertiary/aromatic N) is 2. The van der Waals surface area contributed by atoms with Crippen molar-refractivity contribution in [3.63, 3.8) is 0 Å². The molecule has 1 aromatic heterocycles. The summed E-state index contributed by atoms with van der Waals surface area (Å²) in [6.45, 7) is 0.435. The Morgan fingerprint density at radius 3 is 2.86 bits per heavy atom. The first-order valence-electron chi connectivity index (χ1n) is 7.35. The van der Waals surface area contributed by atoms with Crippen molar-refractivity contribution in [3.05, 3.63) is 47.0 Å². The summed E-state index contributed by atoms with van der Waals surface area (Å²) in [6.07, 6.45) is 7.74. The van der Waals surface area contributed by atoms with Crippen LogP contribution in [-0.2, 0) is 6.54 Å². The van der Waals surface area contributed by atoms with Crippen LogP contribution in [0.5, 0.6) is 5.75 Å². The van der Waals surface area contributed by atoms with Gasteiger partial charge in [-0.15, -0.1) is 0 Å². The SMILES string of the molecule is Fc1cccc(Cn2ncc(OC3CCCCC3)c2Cl)c1. The standard InChI is InChI=1S/C16H18ClFN2O/c17-16-15(21-14-7-2-1-3-8-14)10-19-20(16)11-12-5-4-6-13(18)9-12/h4-6,9-10,14H,1-3,7-8,11H2. The summed E-state index contributed by atoms with van der Waals surface area (Å²) in [6, 6.07) is 6.44. The van der Waals surface area contributed by atoms with E-state index in [1.807, 2.05) is 6.07 Å². The molecule has 0 saturated heterocycles. The lowest BCUT2D eigenvalue weighted by atomic mass is 9.98. The van der Waals surface area contributed by atoms with Gasteiger partial charge in [0, 0.05) is 0 Å². The fraction of sp³-hybridized carbons (Fsp3) is 0.438. The Bertz CT molecular complexity index is 608. The molecule has 0 amide bonds. The summed E-state index contributed by atoms with van der Waals surface area (Å²) in [4.78, 5) is 0. The summed E-state index contributed by atoms with van der Waals surface area (Å²) in [7, 11) is 0. The molecule has 0 spiro atoms. The van der Waals surface area contributed by atoms with Gasteiger partial charge in [0.05, 0.1) is 18.8 Å². The lowest BCUT2D eigenvalue weighted by Crippen LogP contribution is -2.19. The normalized spacial score (nSPS) is 16.1. The summed E-state index contributed by atoms with van der Waals surface area (Å²) in [5, 5.41) is 4.72. The predicted molar refractivity (Wildman–Crippen MR) is 80.2 cm³/mol. The second kappa shape index (κ2) is 6.48. The van der Waals surface area contributed by atoms with Crippen molar-refractivity contribution in [2.75, 3.05) is 0 Å². The molecule has 5 heteroatoms.